The van der Waals surface area contributed by atoms with Crippen LogP contribution in [0.3, 0.4) is 0 Å². The molecule has 10 heteroatoms. The molecule has 0 amide bonds. The molecule has 0 N–H and O–H groups in total. The van der Waals surface area contributed by atoms with Gasteiger partial charge in [-0.25, -0.2) is 21.8 Å². The summed E-state index contributed by atoms with van der Waals surface area (Å²) in [5.74, 6) is -0.106. The van der Waals surface area contributed by atoms with E-state index in [2.05, 4.69) is 0 Å². The Hall–Kier alpha value is -2.56. The first-order valence-electron chi connectivity index (χ1n) is 11.9. The molecule has 4 aromatic rings. The van der Waals surface area contributed by atoms with Crippen molar-refractivity contribution in [1.82, 2.24) is 9.29 Å². The van der Waals surface area contributed by atoms with E-state index < -0.39 is 19.9 Å². The molecule has 1 saturated heterocycles. The summed E-state index contributed by atoms with van der Waals surface area (Å²) in [6.45, 7) is 1.15. The number of hydrogen-bond acceptors (Lipinski definition) is 6. The molecule has 1 aromatic heterocycles. The van der Waals surface area contributed by atoms with Crippen LogP contribution in [-0.4, -0.2) is 39.2 Å². The summed E-state index contributed by atoms with van der Waals surface area (Å²) in [6.07, 6.45) is 2.87. The first kappa shape index (κ1) is 26.1. The fraction of sp³-hybridized carbons (Fsp3) is 0.222. The van der Waals surface area contributed by atoms with Gasteiger partial charge in [0.05, 0.1) is 21.2 Å². The summed E-state index contributed by atoms with van der Waals surface area (Å²) >= 11 is 7.35. The highest BCUT2D eigenvalue weighted by Gasteiger charge is 2.25. The molecule has 0 unspecified atom stereocenters. The minimum absolute atomic E-state index is 0.106. The van der Waals surface area contributed by atoms with Crippen LogP contribution >= 0.6 is 22.9 Å². The number of aromatic nitrogens is 1. The predicted octanol–water partition coefficient (Wildman–Crippen LogP) is 6.28. The van der Waals surface area contributed by atoms with Gasteiger partial charge in [-0.15, -0.1) is 11.3 Å². The topological polar surface area (TPSA) is 84.4 Å². The number of hydrogen-bond donors (Lipinski definition) is 0. The zero-order valence-electron chi connectivity index (χ0n) is 19.9. The minimum atomic E-state index is -3.48. The lowest BCUT2D eigenvalue weighted by atomic mass is 10.1. The second kappa shape index (κ2) is 10.7. The van der Waals surface area contributed by atoms with Crippen LogP contribution in [-0.2, 0) is 25.6 Å². The van der Waals surface area contributed by atoms with Crippen LogP contribution < -0.4 is 0 Å². The Kier molecular flexibility index (Phi) is 7.51. The summed E-state index contributed by atoms with van der Waals surface area (Å²) in [5, 5.41) is 3.22. The summed E-state index contributed by atoms with van der Waals surface area (Å²) in [5.41, 5.74) is 3.16. The average molecular weight is 573 g/mol. The second-order valence-electron chi connectivity index (χ2n) is 8.94. The third-order valence-electron chi connectivity index (χ3n) is 6.34. The van der Waals surface area contributed by atoms with E-state index in [1.165, 1.54) is 23.5 Å². The molecule has 1 fully saturated rings. The molecule has 0 aliphatic carbocycles. The lowest BCUT2D eigenvalue weighted by Crippen LogP contribution is -2.35. The lowest BCUT2D eigenvalue weighted by molar-refractivity contribution is 0.346. The Morgan fingerprint density at radius 1 is 0.757 bits per heavy atom. The van der Waals surface area contributed by atoms with E-state index in [0.29, 0.717) is 28.6 Å². The molecule has 0 bridgehead atoms. The van der Waals surface area contributed by atoms with E-state index in [1.807, 2.05) is 17.5 Å². The Morgan fingerprint density at radius 2 is 1.35 bits per heavy atom. The highest BCUT2D eigenvalue weighted by atomic mass is 35.5. The summed E-state index contributed by atoms with van der Waals surface area (Å²) < 4.78 is 52.8. The Bertz CT molecular complexity index is 1590. The third kappa shape index (κ3) is 5.81. The van der Waals surface area contributed by atoms with Crippen molar-refractivity contribution in [3.63, 3.8) is 0 Å². The molecule has 0 radical (unpaired) electrons. The van der Waals surface area contributed by atoms with E-state index in [4.69, 9.17) is 16.6 Å². The highest BCUT2D eigenvalue weighted by molar-refractivity contribution is 7.90. The van der Waals surface area contributed by atoms with E-state index in [0.717, 1.165) is 41.1 Å². The largest absolute Gasteiger partial charge is 0.243 e. The number of sulfone groups is 1. The van der Waals surface area contributed by atoms with Gasteiger partial charge in [-0.05, 0) is 54.8 Å². The van der Waals surface area contributed by atoms with Crippen molar-refractivity contribution in [2.75, 3.05) is 13.1 Å². The normalized spacial score (nSPS) is 15.1. The molecule has 192 valence electrons. The van der Waals surface area contributed by atoms with Crippen molar-refractivity contribution >= 4 is 42.8 Å². The van der Waals surface area contributed by atoms with E-state index in [-0.39, 0.29) is 10.6 Å². The van der Waals surface area contributed by atoms with Gasteiger partial charge in [0.25, 0.3) is 0 Å². The molecule has 1 aliphatic heterocycles. The summed E-state index contributed by atoms with van der Waals surface area (Å²) in [7, 11) is -6.95. The standard InChI is InChI=1S/C27H25ClN2O4S3/c28-23-10-14-24(15-11-23)36(31,32)19-20-4-6-22(7-5-20)27-29-26(18-35-27)21-8-12-25(13-9-21)37(33,34)30-16-2-1-3-17-30/h4-15,18H,1-3,16-17,19H2. The third-order valence-corrected chi connectivity index (χ3v) is 11.1. The minimum Gasteiger partial charge on any atom is -0.236 e. The van der Waals surface area contributed by atoms with Crippen LogP contribution in [0.25, 0.3) is 21.8 Å². The van der Waals surface area contributed by atoms with Gasteiger partial charge in [-0.3, -0.25) is 0 Å². The van der Waals surface area contributed by atoms with Gasteiger partial charge in [0.15, 0.2) is 9.84 Å². The van der Waals surface area contributed by atoms with E-state index in [1.54, 1.807) is 52.8 Å². The smallest absolute Gasteiger partial charge is 0.236 e. The molecular formula is C27H25ClN2O4S3. The lowest BCUT2D eigenvalue weighted by Gasteiger charge is -2.25. The fourth-order valence-electron chi connectivity index (χ4n) is 4.28. The van der Waals surface area contributed by atoms with E-state index in [9.17, 15) is 16.8 Å². The molecule has 6 nitrogen and oxygen atoms in total. The van der Waals surface area contributed by atoms with E-state index >= 15 is 0 Å². The van der Waals surface area contributed by atoms with Crippen LogP contribution in [0.1, 0.15) is 24.8 Å². The van der Waals surface area contributed by atoms with Gasteiger partial charge in [-0.1, -0.05) is 54.4 Å². The van der Waals surface area contributed by atoms with Crippen molar-refractivity contribution in [3.8, 4) is 21.8 Å². The van der Waals surface area contributed by atoms with Gasteiger partial charge in [-0.2, -0.15) is 4.31 Å². The molecule has 0 atom stereocenters. The quantitative estimate of drug-likeness (QED) is 0.260. The summed E-state index contributed by atoms with van der Waals surface area (Å²) in [6, 6.07) is 20.4. The molecular weight excluding hydrogens is 548 g/mol. The van der Waals surface area contributed by atoms with Crippen molar-refractivity contribution in [2.45, 2.75) is 34.8 Å². The maximum atomic E-state index is 12.9. The number of piperidine rings is 1. The van der Waals surface area contributed by atoms with Crippen molar-refractivity contribution in [3.05, 3.63) is 88.8 Å². The Labute approximate surface area is 226 Å². The van der Waals surface area contributed by atoms with Crippen molar-refractivity contribution < 1.29 is 16.8 Å². The number of benzene rings is 3. The molecule has 37 heavy (non-hydrogen) atoms. The van der Waals surface area contributed by atoms with Gasteiger partial charge < -0.3 is 0 Å². The Morgan fingerprint density at radius 3 is 2.00 bits per heavy atom. The monoisotopic (exact) mass is 572 g/mol. The Balaban J connectivity index is 1.29. The van der Waals surface area contributed by atoms with Crippen LogP contribution in [0, 0.1) is 0 Å². The number of sulfonamides is 1. The summed E-state index contributed by atoms with van der Waals surface area (Å²) in [4.78, 5) is 5.26. The number of nitrogens with zero attached hydrogens (tertiary/aromatic N) is 2. The number of halogens is 1. The maximum absolute atomic E-state index is 12.9. The van der Waals surface area contributed by atoms with Crippen LogP contribution in [0.5, 0.6) is 0 Å². The SMILES string of the molecule is O=S(=O)(Cc1ccc(-c2nc(-c3ccc(S(=O)(=O)N4CCCCC4)cc3)cs2)cc1)c1ccc(Cl)cc1. The zero-order chi connectivity index (χ0) is 26.0. The highest BCUT2D eigenvalue weighted by Crippen LogP contribution is 2.31. The zero-order valence-corrected chi connectivity index (χ0v) is 23.1. The molecule has 5 rings (SSSR count). The predicted molar refractivity (Wildman–Crippen MR) is 148 cm³/mol. The van der Waals surface area contributed by atoms with Gasteiger partial charge in [0.1, 0.15) is 5.01 Å². The molecule has 0 spiro atoms. The van der Waals surface area contributed by atoms with Crippen molar-refractivity contribution in [1.29, 1.82) is 0 Å². The van der Waals surface area contributed by atoms with Crippen LogP contribution in [0.4, 0.5) is 0 Å². The van der Waals surface area contributed by atoms with Crippen LogP contribution in [0.2, 0.25) is 5.02 Å². The maximum Gasteiger partial charge on any atom is 0.243 e. The van der Waals surface area contributed by atoms with Gasteiger partial charge in [0.2, 0.25) is 10.0 Å². The first-order valence-corrected chi connectivity index (χ1v) is 16.2. The molecule has 1 aliphatic rings. The second-order valence-corrected chi connectivity index (χ2v) is 14.2. The number of thiazole rings is 1. The average Bonchev–Trinajstić information content (AvgIpc) is 3.40. The van der Waals surface area contributed by atoms with Crippen LogP contribution in [0.15, 0.2) is 88.0 Å². The number of rotatable bonds is 7. The molecule has 0 saturated carbocycles. The first-order chi connectivity index (χ1) is 17.7. The van der Waals surface area contributed by atoms with Gasteiger partial charge in [0, 0.05) is 34.6 Å². The fourth-order valence-corrected chi connectivity index (χ4v) is 8.11. The molecule has 3 aromatic carbocycles. The van der Waals surface area contributed by atoms with Gasteiger partial charge >= 0.3 is 0 Å². The van der Waals surface area contributed by atoms with Crippen molar-refractivity contribution in [2.24, 2.45) is 0 Å². The molecule has 2 heterocycles.